The molecule has 2 atom stereocenters. The summed E-state index contributed by atoms with van der Waals surface area (Å²) >= 11 is 0. The summed E-state index contributed by atoms with van der Waals surface area (Å²) in [5.74, 6) is 0.309. The highest BCUT2D eigenvalue weighted by Crippen LogP contribution is 2.18. The predicted molar refractivity (Wildman–Crippen MR) is 80.7 cm³/mol. The van der Waals surface area contributed by atoms with Crippen molar-refractivity contribution in [3.8, 4) is 0 Å². The number of nitrogens with two attached hydrogens (primary N) is 1. The van der Waals surface area contributed by atoms with Gasteiger partial charge in [0, 0.05) is 19.6 Å². The Labute approximate surface area is 126 Å². The molecule has 122 valence electrons. The van der Waals surface area contributed by atoms with Crippen LogP contribution in [0.4, 0.5) is 0 Å². The second-order valence-electron chi connectivity index (χ2n) is 6.04. The summed E-state index contributed by atoms with van der Waals surface area (Å²) in [7, 11) is -3.65. The molecule has 7 nitrogen and oxygen atoms in total. The minimum Gasteiger partial charge on any atom is -0.341 e. The molecule has 0 radical (unpaired) electrons. The number of likely N-dealkylation sites (tertiary alicyclic amines) is 1. The molecule has 0 saturated carbocycles. The maximum absolute atomic E-state index is 12.6. The van der Waals surface area contributed by atoms with Gasteiger partial charge in [0.05, 0.1) is 6.04 Å². The Hall–Kier alpha value is -0.700. The fourth-order valence-electron chi connectivity index (χ4n) is 3.13. The first kappa shape index (κ1) is 16.7. The zero-order chi connectivity index (χ0) is 15.3. The van der Waals surface area contributed by atoms with Gasteiger partial charge in [-0.2, -0.15) is 8.42 Å². The summed E-state index contributed by atoms with van der Waals surface area (Å²) in [6, 6.07) is -0.0718. The summed E-state index contributed by atoms with van der Waals surface area (Å²) in [4.78, 5) is 14.4. The minimum atomic E-state index is -3.65. The summed E-state index contributed by atoms with van der Waals surface area (Å²) < 4.78 is 24.2. The van der Waals surface area contributed by atoms with Crippen molar-refractivity contribution >= 4 is 16.1 Å². The molecule has 0 aromatic heterocycles. The lowest BCUT2D eigenvalue weighted by atomic mass is 9.97. The van der Waals surface area contributed by atoms with Gasteiger partial charge in [-0.3, -0.25) is 4.79 Å². The van der Waals surface area contributed by atoms with E-state index in [1.54, 1.807) is 0 Å². The Bertz CT molecular complexity index is 446. The van der Waals surface area contributed by atoms with Gasteiger partial charge in [-0.25, -0.2) is 9.86 Å². The minimum absolute atomic E-state index is 0.0718. The molecule has 0 spiro atoms. The number of hydrogen-bond acceptors (Lipinski definition) is 4. The Kier molecular flexibility index (Phi) is 5.98. The van der Waals surface area contributed by atoms with Crippen molar-refractivity contribution in [3.63, 3.8) is 0 Å². The van der Waals surface area contributed by atoms with Gasteiger partial charge in [0.1, 0.15) is 0 Å². The van der Waals surface area contributed by atoms with Gasteiger partial charge in [-0.05, 0) is 38.1 Å². The number of rotatable bonds is 4. The number of nitrogens with zero attached hydrogens (tertiary/aromatic N) is 1. The molecule has 8 heteroatoms. The van der Waals surface area contributed by atoms with E-state index in [0.717, 1.165) is 45.2 Å². The smallest absolute Gasteiger partial charge is 0.274 e. The van der Waals surface area contributed by atoms with Crippen molar-refractivity contribution in [1.82, 2.24) is 14.9 Å². The van der Waals surface area contributed by atoms with Gasteiger partial charge in [0.2, 0.25) is 5.91 Å². The standard InChI is InChI=1S/C13H26N4O3S/c14-21(19,20)16-9-11-5-4-8-17(10-11)13(18)12-6-2-1-3-7-15-12/h11-12,15-16H,1-10H2,(H2,14,19,20). The summed E-state index contributed by atoms with van der Waals surface area (Å²) in [6.07, 6.45) is 6.13. The van der Waals surface area contributed by atoms with Crippen molar-refractivity contribution in [1.29, 1.82) is 0 Å². The van der Waals surface area contributed by atoms with Gasteiger partial charge in [-0.15, -0.1) is 0 Å². The Morgan fingerprint density at radius 2 is 2.05 bits per heavy atom. The number of piperidine rings is 1. The molecule has 2 unspecified atom stereocenters. The van der Waals surface area contributed by atoms with Crippen LogP contribution in [0.15, 0.2) is 0 Å². The van der Waals surface area contributed by atoms with Crippen LogP contribution in [0.1, 0.15) is 38.5 Å². The third-order valence-electron chi connectivity index (χ3n) is 4.26. The van der Waals surface area contributed by atoms with Crippen LogP contribution in [-0.4, -0.2) is 51.4 Å². The Balaban J connectivity index is 1.86. The molecule has 0 aliphatic carbocycles. The fourth-order valence-corrected chi connectivity index (χ4v) is 3.59. The summed E-state index contributed by atoms with van der Waals surface area (Å²) in [5, 5.41) is 8.28. The van der Waals surface area contributed by atoms with E-state index in [1.807, 2.05) is 4.90 Å². The van der Waals surface area contributed by atoms with Crippen molar-refractivity contribution in [3.05, 3.63) is 0 Å². The Morgan fingerprint density at radius 3 is 2.81 bits per heavy atom. The highest BCUT2D eigenvalue weighted by atomic mass is 32.2. The van der Waals surface area contributed by atoms with E-state index in [0.29, 0.717) is 13.1 Å². The van der Waals surface area contributed by atoms with Crippen LogP contribution >= 0.6 is 0 Å². The number of amides is 1. The van der Waals surface area contributed by atoms with Crippen molar-refractivity contribution in [2.45, 2.75) is 44.6 Å². The molecule has 21 heavy (non-hydrogen) atoms. The van der Waals surface area contributed by atoms with Gasteiger partial charge < -0.3 is 10.2 Å². The molecule has 2 fully saturated rings. The van der Waals surface area contributed by atoms with E-state index in [4.69, 9.17) is 5.14 Å². The van der Waals surface area contributed by atoms with Gasteiger partial charge in [0.25, 0.3) is 10.2 Å². The lowest BCUT2D eigenvalue weighted by molar-refractivity contribution is -0.135. The van der Waals surface area contributed by atoms with Crippen LogP contribution in [0.5, 0.6) is 0 Å². The molecular formula is C13H26N4O3S. The van der Waals surface area contributed by atoms with E-state index in [9.17, 15) is 13.2 Å². The number of hydrogen-bond donors (Lipinski definition) is 3. The molecule has 4 N–H and O–H groups in total. The lowest BCUT2D eigenvalue weighted by Gasteiger charge is -2.35. The number of carbonyl (C=O) groups is 1. The monoisotopic (exact) mass is 318 g/mol. The number of nitrogens with one attached hydrogen (secondary N) is 2. The zero-order valence-electron chi connectivity index (χ0n) is 12.4. The zero-order valence-corrected chi connectivity index (χ0v) is 13.2. The van der Waals surface area contributed by atoms with Crippen LogP contribution < -0.4 is 15.2 Å². The third-order valence-corrected chi connectivity index (χ3v) is 4.83. The van der Waals surface area contributed by atoms with Gasteiger partial charge in [-0.1, -0.05) is 12.8 Å². The molecule has 2 heterocycles. The van der Waals surface area contributed by atoms with Gasteiger partial charge in [0.15, 0.2) is 0 Å². The molecule has 2 aliphatic rings. The average Bonchev–Trinajstić information content (AvgIpc) is 2.73. The maximum Gasteiger partial charge on any atom is 0.274 e. The largest absolute Gasteiger partial charge is 0.341 e. The van der Waals surface area contributed by atoms with E-state index in [2.05, 4.69) is 10.0 Å². The highest BCUT2D eigenvalue weighted by Gasteiger charge is 2.29. The summed E-state index contributed by atoms with van der Waals surface area (Å²) in [5.41, 5.74) is 0. The van der Waals surface area contributed by atoms with Crippen LogP contribution in [-0.2, 0) is 15.0 Å². The highest BCUT2D eigenvalue weighted by molar-refractivity contribution is 7.87. The van der Waals surface area contributed by atoms with E-state index in [1.165, 1.54) is 6.42 Å². The molecular weight excluding hydrogens is 292 g/mol. The quantitative estimate of drug-likeness (QED) is 0.653. The van der Waals surface area contributed by atoms with Crippen LogP contribution in [0.2, 0.25) is 0 Å². The van der Waals surface area contributed by atoms with E-state index >= 15 is 0 Å². The number of carbonyl (C=O) groups excluding carboxylic acids is 1. The van der Waals surface area contributed by atoms with Crippen molar-refractivity contribution in [2.24, 2.45) is 11.1 Å². The van der Waals surface area contributed by atoms with Crippen molar-refractivity contribution < 1.29 is 13.2 Å². The molecule has 0 aromatic rings. The van der Waals surface area contributed by atoms with Crippen LogP contribution in [0.25, 0.3) is 0 Å². The first-order chi connectivity index (χ1) is 9.96. The van der Waals surface area contributed by atoms with E-state index < -0.39 is 10.2 Å². The van der Waals surface area contributed by atoms with E-state index in [-0.39, 0.29) is 17.9 Å². The Morgan fingerprint density at radius 1 is 1.24 bits per heavy atom. The third kappa shape index (κ3) is 5.54. The molecule has 1 amide bonds. The first-order valence-electron chi connectivity index (χ1n) is 7.75. The SMILES string of the molecule is NS(=O)(=O)NCC1CCCN(C(=O)C2CCCCCN2)C1. The fraction of sp³-hybridized carbons (Fsp3) is 0.923. The molecule has 2 saturated heterocycles. The molecule has 2 rings (SSSR count). The molecule has 0 bridgehead atoms. The molecule has 2 aliphatic heterocycles. The van der Waals surface area contributed by atoms with Crippen LogP contribution in [0, 0.1) is 5.92 Å². The molecule has 0 aromatic carbocycles. The lowest BCUT2D eigenvalue weighted by Crippen LogP contribution is -2.51. The van der Waals surface area contributed by atoms with Crippen molar-refractivity contribution in [2.75, 3.05) is 26.2 Å². The topological polar surface area (TPSA) is 105 Å². The summed E-state index contributed by atoms with van der Waals surface area (Å²) in [6.45, 7) is 2.59. The maximum atomic E-state index is 12.6. The predicted octanol–water partition coefficient (Wildman–Crippen LogP) is -0.450. The average molecular weight is 318 g/mol. The van der Waals surface area contributed by atoms with Crippen LogP contribution in [0.3, 0.4) is 0 Å². The van der Waals surface area contributed by atoms with Gasteiger partial charge >= 0.3 is 0 Å². The first-order valence-corrected chi connectivity index (χ1v) is 9.30. The second-order valence-corrected chi connectivity index (χ2v) is 7.42. The second kappa shape index (κ2) is 7.53. The normalized spacial score (nSPS) is 28.1.